The molecule has 1 aromatic heterocycles. The lowest BCUT2D eigenvalue weighted by atomic mass is 10.2. The van der Waals surface area contributed by atoms with Crippen LogP contribution in [0.4, 0.5) is 0 Å². The van der Waals surface area contributed by atoms with Crippen molar-refractivity contribution in [2.45, 2.75) is 19.9 Å². The summed E-state index contributed by atoms with van der Waals surface area (Å²) in [6, 6.07) is 10.9. The predicted octanol–water partition coefficient (Wildman–Crippen LogP) is 0.879. The average Bonchev–Trinajstić information content (AvgIpc) is 2.53. The highest BCUT2D eigenvalue weighted by Gasteiger charge is 2.15. The molecule has 22 heavy (non-hydrogen) atoms. The molecular weight excluding hydrogens is 280 g/mol. The minimum absolute atomic E-state index is 0.0993. The summed E-state index contributed by atoms with van der Waals surface area (Å²) in [6.45, 7) is 4.15. The van der Waals surface area contributed by atoms with Crippen LogP contribution in [0.25, 0.3) is 5.69 Å². The van der Waals surface area contributed by atoms with Crippen LogP contribution in [0.2, 0.25) is 0 Å². The zero-order chi connectivity index (χ0) is 16.1. The molecule has 2 N–H and O–H groups in total. The smallest absolute Gasteiger partial charge is 0.275 e. The van der Waals surface area contributed by atoms with Gasteiger partial charge in [0, 0.05) is 24.3 Å². The second-order valence-corrected chi connectivity index (χ2v) is 5.15. The molecule has 0 radical (unpaired) electrons. The zero-order valence-electron chi connectivity index (χ0n) is 13.0. The molecule has 0 saturated carbocycles. The maximum absolute atomic E-state index is 12.2. The van der Waals surface area contributed by atoms with Crippen LogP contribution in [0.5, 0.6) is 0 Å². The van der Waals surface area contributed by atoms with Gasteiger partial charge in [-0.3, -0.25) is 9.59 Å². The summed E-state index contributed by atoms with van der Waals surface area (Å²) in [6.07, 6.45) is 0. The Bertz CT molecular complexity index is 710. The highest BCUT2D eigenvalue weighted by atomic mass is 16.2. The Labute approximate surface area is 129 Å². The number of benzene rings is 1. The number of nitrogens with one attached hydrogen (secondary N) is 2. The van der Waals surface area contributed by atoms with E-state index in [0.29, 0.717) is 12.2 Å². The second kappa shape index (κ2) is 7.00. The Balaban J connectivity index is 2.33. The zero-order valence-corrected chi connectivity index (χ0v) is 13.0. The van der Waals surface area contributed by atoms with Gasteiger partial charge in [0.2, 0.25) is 5.43 Å². The van der Waals surface area contributed by atoms with E-state index in [0.717, 1.165) is 5.69 Å². The van der Waals surface area contributed by atoms with Crippen LogP contribution >= 0.6 is 0 Å². The Hall–Kier alpha value is -2.47. The number of aromatic nitrogens is 2. The van der Waals surface area contributed by atoms with E-state index in [-0.39, 0.29) is 17.2 Å². The van der Waals surface area contributed by atoms with E-state index in [1.54, 1.807) is 11.6 Å². The summed E-state index contributed by atoms with van der Waals surface area (Å²) in [4.78, 5) is 24.2. The summed E-state index contributed by atoms with van der Waals surface area (Å²) >= 11 is 0. The standard InChI is InChI=1S/C16H20N4O2/c1-11(17-3)10-18-16(22)15-14(21)9-12(2)20(19-15)13-7-5-4-6-8-13/h4-9,11,17H,10H2,1-3H3,(H,18,22). The van der Waals surface area contributed by atoms with Gasteiger partial charge in [-0.1, -0.05) is 18.2 Å². The molecule has 1 heterocycles. The van der Waals surface area contributed by atoms with Gasteiger partial charge in [0.15, 0.2) is 5.69 Å². The van der Waals surface area contributed by atoms with E-state index in [1.807, 2.05) is 44.3 Å². The van der Waals surface area contributed by atoms with Gasteiger partial charge in [-0.25, -0.2) is 4.68 Å². The van der Waals surface area contributed by atoms with Gasteiger partial charge in [-0.15, -0.1) is 0 Å². The van der Waals surface area contributed by atoms with E-state index in [4.69, 9.17) is 0 Å². The Morgan fingerprint density at radius 1 is 1.32 bits per heavy atom. The molecule has 1 unspecified atom stereocenters. The lowest BCUT2D eigenvalue weighted by Crippen LogP contribution is -2.39. The van der Waals surface area contributed by atoms with Crippen LogP contribution in [0, 0.1) is 6.92 Å². The van der Waals surface area contributed by atoms with Gasteiger partial charge in [0.1, 0.15) is 0 Å². The molecule has 1 aromatic carbocycles. The van der Waals surface area contributed by atoms with Crippen LogP contribution in [-0.2, 0) is 0 Å². The predicted molar refractivity (Wildman–Crippen MR) is 85.4 cm³/mol. The maximum Gasteiger partial charge on any atom is 0.275 e. The van der Waals surface area contributed by atoms with Crippen molar-refractivity contribution in [2.75, 3.05) is 13.6 Å². The number of amides is 1. The molecule has 2 aromatic rings. The van der Waals surface area contributed by atoms with Crippen molar-refractivity contribution < 1.29 is 4.79 Å². The van der Waals surface area contributed by atoms with Crippen LogP contribution < -0.4 is 16.1 Å². The largest absolute Gasteiger partial charge is 0.349 e. The van der Waals surface area contributed by atoms with Gasteiger partial charge in [-0.05, 0) is 33.0 Å². The number of nitrogens with zero attached hydrogens (tertiary/aromatic N) is 2. The summed E-state index contributed by atoms with van der Waals surface area (Å²) < 4.78 is 1.60. The Morgan fingerprint density at radius 2 is 2.00 bits per heavy atom. The van der Waals surface area contributed by atoms with Crippen LogP contribution in [0.1, 0.15) is 23.1 Å². The van der Waals surface area contributed by atoms with Crippen molar-refractivity contribution >= 4 is 5.91 Å². The number of hydrogen-bond donors (Lipinski definition) is 2. The SMILES string of the molecule is CNC(C)CNC(=O)c1nn(-c2ccccc2)c(C)cc1=O. The number of aryl methyl sites for hydroxylation is 1. The van der Waals surface area contributed by atoms with Crippen molar-refractivity contribution in [2.24, 2.45) is 0 Å². The molecule has 2 rings (SSSR count). The minimum Gasteiger partial charge on any atom is -0.349 e. The van der Waals surface area contributed by atoms with Gasteiger partial charge >= 0.3 is 0 Å². The molecule has 6 heteroatoms. The first-order valence-corrected chi connectivity index (χ1v) is 7.14. The van der Waals surface area contributed by atoms with Crippen molar-refractivity contribution in [1.29, 1.82) is 0 Å². The molecule has 1 atom stereocenters. The number of para-hydroxylation sites is 1. The molecule has 116 valence electrons. The second-order valence-electron chi connectivity index (χ2n) is 5.15. The lowest BCUT2D eigenvalue weighted by molar-refractivity contribution is 0.0942. The van der Waals surface area contributed by atoms with E-state index < -0.39 is 5.91 Å². The molecule has 0 aliphatic heterocycles. The number of carbonyl (C=O) groups excluding carboxylic acids is 1. The summed E-state index contributed by atoms with van der Waals surface area (Å²) in [5.41, 5.74) is 1.01. The number of hydrogen-bond acceptors (Lipinski definition) is 4. The monoisotopic (exact) mass is 300 g/mol. The summed E-state index contributed by atoms with van der Waals surface area (Å²) in [5, 5.41) is 9.94. The third kappa shape index (κ3) is 3.59. The Morgan fingerprint density at radius 3 is 2.64 bits per heavy atom. The third-order valence-electron chi connectivity index (χ3n) is 3.38. The van der Waals surface area contributed by atoms with Crippen molar-refractivity contribution in [1.82, 2.24) is 20.4 Å². The quantitative estimate of drug-likeness (QED) is 0.859. The average molecular weight is 300 g/mol. The lowest BCUT2D eigenvalue weighted by Gasteiger charge is -2.13. The van der Waals surface area contributed by atoms with E-state index >= 15 is 0 Å². The fraction of sp³-hybridized carbons (Fsp3) is 0.312. The first kappa shape index (κ1) is 15.9. The molecule has 0 spiro atoms. The summed E-state index contributed by atoms with van der Waals surface area (Å²) in [7, 11) is 1.81. The third-order valence-corrected chi connectivity index (χ3v) is 3.38. The van der Waals surface area contributed by atoms with E-state index in [1.165, 1.54) is 6.07 Å². The molecule has 6 nitrogen and oxygen atoms in total. The summed E-state index contributed by atoms with van der Waals surface area (Å²) in [5.74, 6) is -0.461. The molecule has 0 bridgehead atoms. The van der Waals surface area contributed by atoms with Gasteiger partial charge in [0.25, 0.3) is 5.91 Å². The fourth-order valence-electron chi connectivity index (χ4n) is 1.97. The number of carbonyl (C=O) groups is 1. The molecule has 0 aliphatic rings. The van der Waals surface area contributed by atoms with Gasteiger partial charge in [-0.2, -0.15) is 5.10 Å². The van der Waals surface area contributed by atoms with Crippen LogP contribution in [-0.4, -0.2) is 35.3 Å². The minimum atomic E-state index is -0.461. The first-order chi connectivity index (χ1) is 10.5. The molecule has 1 amide bonds. The molecule has 0 saturated heterocycles. The van der Waals surface area contributed by atoms with Crippen LogP contribution in [0.15, 0.2) is 41.2 Å². The Kier molecular flexibility index (Phi) is 5.06. The molecular formula is C16H20N4O2. The molecule has 0 aliphatic carbocycles. The topological polar surface area (TPSA) is 76.0 Å². The number of likely N-dealkylation sites (N-methyl/N-ethyl adjacent to an activating group) is 1. The normalized spacial score (nSPS) is 12.0. The number of rotatable bonds is 5. The van der Waals surface area contributed by atoms with E-state index in [9.17, 15) is 9.59 Å². The highest BCUT2D eigenvalue weighted by molar-refractivity contribution is 5.92. The highest BCUT2D eigenvalue weighted by Crippen LogP contribution is 2.07. The van der Waals surface area contributed by atoms with Gasteiger partial charge in [0.05, 0.1) is 5.69 Å². The van der Waals surface area contributed by atoms with E-state index in [2.05, 4.69) is 15.7 Å². The fourth-order valence-corrected chi connectivity index (χ4v) is 1.97. The van der Waals surface area contributed by atoms with Crippen molar-refractivity contribution in [3.63, 3.8) is 0 Å². The molecule has 0 fully saturated rings. The van der Waals surface area contributed by atoms with Gasteiger partial charge < -0.3 is 10.6 Å². The van der Waals surface area contributed by atoms with Crippen molar-refractivity contribution in [3.8, 4) is 5.69 Å². The van der Waals surface area contributed by atoms with Crippen molar-refractivity contribution in [3.05, 3.63) is 58.0 Å². The first-order valence-electron chi connectivity index (χ1n) is 7.14. The maximum atomic E-state index is 12.2. The van der Waals surface area contributed by atoms with Crippen LogP contribution in [0.3, 0.4) is 0 Å².